The first-order valence-corrected chi connectivity index (χ1v) is 8.29. The number of aryl methyl sites for hydroxylation is 1. The maximum absolute atomic E-state index is 12.1. The molecule has 0 aliphatic carbocycles. The molecule has 20 heavy (non-hydrogen) atoms. The fourth-order valence-corrected chi connectivity index (χ4v) is 3.56. The van der Waals surface area contributed by atoms with Crippen LogP contribution in [0.2, 0.25) is 0 Å². The lowest BCUT2D eigenvalue weighted by Crippen LogP contribution is -2.50. The standard InChI is InChI=1S/C15H21NO3S/c1-12-2-4-15(5-3-12)20(17)19-16-10-14(11-16)13-6-8-18-9-7-13/h2-5,13-14H,6-11H2,1H3. The Hall–Kier alpha value is -0.750. The quantitative estimate of drug-likeness (QED) is 0.854. The van der Waals surface area contributed by atoms with Crippen molar-refractivity contribution in [1.29, 1.82) is 0 Å². The predicted octanol–water partition coefficient (Wildman–Crippen LogP) is 2.31. The van der Waals surface area contributed by atoms with Gasteiger partial charge in [0.1, 0.15) is 0 Å². The van der Waals surface area contributed by atoms with Crippen LogP contribution in [0.4, 0.5) is 0 Å². The van der Waals surface area contributed by atoms with Gasteiger partial charge in [0.15, 0.2) is 0 Å². The summed E-state index contributed by atoms with van der Waals surface area (Å²) in [4.78, 5) is 0.727. The van der Waals surface area contributed by atoms with Gasteiger partial charge in [-0.25, -0.2) is 4.21 Å². The van der Waals surface area contributed by atoms with E-state index >= 15 is 0 Å². The van der Waals surface area contributed by atoms with E-state index in [-0.39, 0.29) is 0 Å². The molecule has 3 rings (SSSR count). The molecule has 0 amide bonds. The fraction of sp³-hybridized carbons (Fsp3) is 0.600. The van der Waals surface area contributed by atoms with Crippen molar-refractivity contribution in [3.63, 3.8) is 0 Å². The van der Waals surface area contributed by atoms with Crippen molar-refractivity contribution in [2.24, 2.45) is 11.8 Å². The van der Waals surface area contributed by atoms with E-state index in [1.165, 1.54) is 0 Å². The van der Waals surface area contributed by atoms with Gasteiger partial charge >= 0.3 is 0 Å². The minimum Gasteiger partial charge on any atom is -0.381 e. The number of hydrogen-bond acceptors (Lipinski definition) is 4. The molecule has 1 unspecified atom stereocenters. The molecule has 1 aromatic rings. The van der Waals surface area contributed by atoms with Gasteiger partial charge in [0.2, 0.25) is 11.1 Å². The van der Waals surface area contributed by atoms with Crippen LogP contribution in [-0.4, -0.2) is 35.6 Å². The molecular formula is C15H21NO3S. The Kier molecular flexibility index (Phi) is 4.51. The Balaban J connectivity index is 1.46. The highest BCUT2D eigenvalue weighted by Gasteiger charge is 2.36. The lowest BCUT2D eigenvalue weighted by molar-refractivity contribution is -0.151. The minimum absolute atomic E-state index is 0.675. The average molecular weight is 295 g/mol. The summed E-state index contributed by atoms with van der Waals surface area (Å²) in [5.41, 5.74) is 1.16. The molecule has 0 spiro atoms. The third-order valence-electron chi connectivity index (χ3n) is 4.20. The predicted molar refractivity (Wildman–Crippen MR) is 77.3 cm³/mol. The number of hydrogen-bond donors (Lipinski definition) is 0. The Morgan fingerprint density at radius 2 is 1.80 bits per heavy atom. The third kappa shape index (κ3) is 3.28. The smallest absolute Gasteiger partial charge is 0.206 e. The van der Waals surface area contributed by atoms with E-state index in [1.807, 2.05) is 36.3 Å². The highest BCUT2D eigenvalue weighted by molar-refractivity contribution is 7.80. The molecule has 2 heterocycles. The highest BCUT2D eigenvalue weighted by atomic mass is 32.2. The highest BCUT2D eigenvalue weighted by Crippen LogP contribution is 2.31. The molecule has 0 radical (unpaired) electrons. The van der Waals surface area contributed by atoms with Gasteiger partial charge in [0.25, 0.3) is 0 Å². The number of nitrogens with zero attached hydrogens (tertiary/aromatic N) is 1. The second kappa shape index (κ2) is 6.35. The second-order valence-electron chi connectivity index (χ2n) is 5.68. The summed E-state index contributed by atoms with van der Waals surface area (Å²) >= 11 is -1.39. The summed E-state index contributed by atoms with van der Waals surface area (Å²) in [5.74, 6) is 1.42. The van der Waals surface area contributed by atoms with E-state index in [9.17, 15) is 4.21 Å². The second-order valence-corrected chi connectivity index (χ2v) is 6.77. The van der Waals surface area contributed by atoms with Crippen molar-refractivity contribution in [2.75, 3.05) is 26.3 Å². The number of ether oxygens (including phenoxy) is 1. The van der Waals surface area contributed by atoms with Crippen molar-refractivity contribution >= 4 is 11.1 Å². The zero-order chi connectivity index (χ0) is 13.9. The molecular weight excluding hydrogens is 274 g/mol. The lowest BCUT2D eigenvalue weighted by Gasteiger charge is -2.42. The minimum atomic E-state index is -1.39. The monoisotopic (exact) mass is 295 g/mol. The zero-order valence-electron chi connectivity index (χ0n) is 11.8. The van der Waals surface area contributed by atoms with Gasteiger partial charge in [-0.15, -0.1) is 0 Å². The van der Waals surface area contributed by atoms with E-state index in [1.54, 1.807) is 0 Å². The van der Waals surface area contributed by atoms with Crippen LogP contribution in [0, 0.1) is 18.8 Å². The van der Waals surface area contributed by atoms with Crippen LogP contribution in [0.15, 0.2) is 29.2 Å². The largest absolute Gasteiger partial charge is 0.381 e. The molecule has 5 heteroatoms. The molecule has 0 saturated carbocycles. The first kappa shape index (κ1) is 14.2. The van der Waals surface area contributed by atoms with E-state index in [2.05, 4.69) is 0 Å². The molecule has 0 aromatic heterocycles. The van der Waals surface area contributed by atoms with Crippen LogP contribution in [0.5, 0.6) is 0 Å². The van der Waals surface area contributed by atoms with Gasteiger partial charge in [0.05, 0.1) is 4.90 Å². The summed E-state index contributed by atoms with van der Waals surface area (Å²) in [6, 6.07) is 7.64. The zero-order valence-corrected chi connectivity index (χ0v) is 12.6. The SMILES string of the molecule is Cc1ccc(S(=O)ON2CC(C3CCOCC3)C2)cc1. The molecule has 4 nitrogen and oxygen atoms in total. The van der Waals surface area contributed by atoms with Crippen LogP contribution in [0.1, 0.15) is 18.4 Å². The topological polar surface area (TPSA) is 38.8 Å². The summed E-state index contributed by atoms with van der Waals surface area (Å²) in [7, 11) is 0. The van der Waals surface area contributed by atoms with Crippen LogP contribution in [-0.2, 0) is 20.1 Å². The fourth-order valence-electron chi connectivity index (χ4n) is 2.80. The summed E-state index contributed by atoms with van der Waals surface area (Å²) < 4.78 is 23.0. The first-order valence-electron chi connectivity index (χ1n) is 7.22. The molecule has 1 atom stereocenters. The van der Waals surface area contributed by atoms with E-state index < -0.39 is 11.1 Å². The third-order valence-corrected chi connectivity index (χ3v) is 5.20. The number of hydroxylamine groups is 2. The van der Waals surface area contributed by atoms with Gasteiger partial charge in [-0.05, 0) is 43.7 Å². The van der Waals surface area contributed by atoms with E-state index in [4.69, 9.17) is 9.02 Å². The van der Waals surface area contributed by atoms with Crippen LogP contribution < -0.4 is 0 Å². The summed E-state index contributed by atoms with van der Waals surface area (Å²) in [5, 5.41) is 1.83. The Labute approximate surface area is 122 Å². The molecule has 110 valence electrons. The van der Waals surface area contributed by atoms with Gasteiger partial charge in [-0.2, -0.15) is 9.35 Å². The van der Waals surface area contributed by atoms with Crippen LogP contribution >= 0.6 is 0 Å². The van der Waals surface area contributed by atoms with Gasteiger partial charge in [-0.3, -0.25) is 0 Å². The van der Waals surface area contributed by atoms with E-state index in [0.29, 0.717) is 5.92 Å². The van der Waals surface area contributed by atoms with Crippen molar-refractivity contribution in [3.8, 4) is 0 Å². The molecule has 0 bridgehead atoms. The van der Waals surface area contributed by atoms with Crippen LogP contribution in [0.25, 0.3) is 0 Å². The summed E-state index contributed by atoms with van der Waals surface area (Å²) in [6.45, 7) is 5.57. The van der Waals surface area contributed by atoms with Gasteiger partial charge < -0.3 is 4.74 Å². The Bertz CT molecular complexity index is 465. The maximum Gasteiger partial charge on any atom is 0.206 e. The van der Waals surface area contributed by atoms with Crippen LogP contribution in [0.3, 0.4) is 0 Å². The normalized spacial score (nSPS) is 23.4. The Morgan fingerprint density at radius 1 is 1.15 bits per heavy atom. The maximum atomic E-state index is 12.1. The van der Waals surface area contributed by atoms with Gasteiger partial charge in [-0.1, -0.05) is 17.7 Å². The molecule has 0 N–H and O–H groups in total. The van der Waals surface area contributed by atoms with E-state index in [0.717, 1.165) is 55.5 Å². The molecule has 2 saturated heterocycles. The van der Waals surface area contributed by atoms with Crippen molar-refractivity contribution in [1.82, 2.24) is 5.06 Å². The molecule has 2 aliphatic rings. The van der Waals surface area contributed by atoms with Crippen molar-refractivity contribution < 1.29 is 13.2 Å². The van der Waals surface area contributed by atoms with Crippen molar-refractivity contribution in [2.45, 2.75) is 24.7 Å². The van der Waals surface area contributed by atoms with Crippen molar-refractivity contribution in [3.05, 3.63) is 29.8 Å². The number of rotatable bonds is 4. The van der Waals surface area contributed by atoms with Gasteiger partial charge in [0, 0.05) is 26.3 Å². The lowest BCUT2D eigenvalue weighted by atomic mass is 9.82. The molecule has 1 aromatic carbocycles. The average Bonchev–Trinajstić information content (AvgIpc) is 2.44. The summed E-state index contributed by atoms with van der Waals surface area (Å²) in [6.07, 6.45) is 2.30. The molecule has 2 aliphatic heterocycles. The number of benzene rings is 1. The Morgan fingerprint density at radius 3 is 2.45 bits per heavy atom. The molecule has 2 fully saturated rings. The first-order chi connectivity index (χ1) is 9.72.